The molecule has 0 aromatic rings. The van der Waals surface area contributed by atoms with Crippen LogP contribution in [0.25, 0.3) is 0 Å². The summed E-state index contributed by atoms with van der Waals surface area (Å²) in [7, 11) is 0.761. The van der Waals surface area contributed by atoms with Gasteiger partial charge in [0.25, 0.3) is 0 Å². The highest BCUT2D eigenvalue weighted by Gasteiger charge is 2.17. The molecule has 0 heterocycles. The normalized spacial score (nSPS) is 16.4. The summed E-state index contributed by atoms with van der Waals surface area (Å²) in [6, 6.07) is 0. The van der Waals surface area contributed by atoms with Gasteiger partial charge < -0.3 is 9.16 Å². The first-order chi connectivity index (χ1) is 6.19. The summed E-state index contributed by atoms with van der Waals surface area (Å²) >= 11 is 0. The van der Waals surface area contributed by atoms with Crippen LogP contribution in [0.3, 0.4) is 0 Å². The molecule has 0 aliphatic rings. The minimum atomic E-state index is 0.0299. The summed E-state index contributed by atoms with van der Waals surface area (Å²) in [4.78, 5) is 0. The summed E-state index contributed by atoms with van der Waals surface area (Å²) in [5.74, 6) is 0.672. The van der Waals surface area contributed by atoms with Gasteiger partial charge in [0.2, 0.25) is 0 Å². The van der Waals surface area contributed by atoms with E-state index in [0.717, 1.165) is 16.9 Å². The first-order valence-electron chi connectivity index (χ1n) is 5.37. The summed E-state index contributed by atoms with van der Waals surface area (Å²) in [6.45, 7) is 8.69. The van der Waals surface area contributed by atoms with Gasteiger partial charge in [-0.3, -0.25) is 0 Å². The fraction of sp³-hybridized carbons (Fsp3) is 1.00. The molecule has 0 aliphatic carbocycles. The van der Waals surface area contributed by atoms with Gasteiger partial charge in [-0.25, -0.2) is 0 Å². The van der Waals surface area contributed by atoms with Crippen molar-refractivity contribution < 1.29 is 9.16 Å². The lowest BCUT2D eigenvalue weighted by Crippen LogP contribution is -2.27. The van der Waals surface area contributed by atoms with Crippen LogP contribution in [0, 0.1) is 5.92 Å². The minimum Gasteiger partial charge on any atom is -0.404 e. The molecular formula is C10H24O2Si. The summed E-state index contributed by atoms with van der Waals surface area (Å²) in [5.41, 5.74) is 0. The monoisotopic (exact) mass is 204 g/mol. The Labute approximate surface area is 85.5 Å². The van der Waals surface area contributed by atoms with E-state index in [2.05, 4.69) is 27.7 Å². The van der Waals surface area contributed by atoms with Crippen molar-refractivity contribution in [2.45, 2.75) is 59.4 Å². The van der Waals surface area contributed by atoms with Crippen LogP contribution in [0.2, 0.25) is 0 Å². The average molecular weight is 204 g/mol. The van der Waals surface area contributed by atoms with E-state index >= 15 is 0 Å². The molecule has 0 spiro atoms. The smallest absolute Gasteiger partial charge is 0.149 e. The van der Waals surface area contributed by atoms with Crippen molar-refractivity contribution in [3.8, 4) is 0 Å². The quantitative estimate of drug-likeness (QED) is 0.465. The third-order valence-corrected chi connectivity index (χ3v) is 3.20. The molecule has 80 valence electrons. The minimum absolute atomic E-state index is 0.0299. The Morgan fingerprint density at radius 1 is 1.08 bits per heavy atom. The van der Waals surface area contributed by atoms with E-state index in [1.165, 1.54) is 12.8 Å². The molecule has 0 amide bonds. The van der Waals surface area contributed by atoms with Crippen LogP contribution >= 0.6 is 0 Å². The average Bonchev–Trinajstić information content (AvgIpc) is 2.16. The third kappa shape index (κ3) is 4.79. The maximum atomic E-state index is 5.81. The lowest BCUT2D eigenvalue weighted by Gasteiger charge is -2.26. The fourth-order valence-corrected chi connectivity index (χ4v) is 2.07. The van der Waals surface area contributed by atoms with Gasteiger partial charge in [-0.2, -0.15) is 0 Å². The van der Waals surface area contributed by atoms with Crippen LogP contribution in [0.1, 0.15) is 47.0 Å². The van der Waals surface area contributed by atoms with Gasteiger partial charge in [-0.15, -0.1) is 0 Å². The molecular weight excluding hydrogens is 180 g/mol. The number of hydrogen-bond donors (Lipinski definition) is 0. The Morgan fingerprint density at radius 2 is 1.62 bits per heavy atom. The molecule has 0 saturated carbocycles. The highest BCUT2D eigenvalue weighted by molar-refractivity contribution is 5.98. The Bertz CT molecular complexity index is 111. The van der Waals surface area contributed by atoms with Gasteiger partial charge in [0.05, 0.1) is 6.10 Å². The molecule has 2 nitrogen and oxygen atoms in total. The molecule has 0 fully saturated rings. The van der Waals surface area contributed by atoms with Crippen LogP contribution in [-0.4, -0.2) is 22.9 Å². The van der Waals surface area contributed by atoms with E-state index in [1.54, 1.807) is 0 Å². The lowest BCUT2D eigenvalue weighted by molar-refractivity contribution is -0.129. The molecule has 0 rings (SSSR count). The molecule has 0 saturated heterocycles. The maximum Gasteiger partial charge on any atom is 0.149 e. The Balaban J connectivity index is 3.87. The molecule has 13 heavy (non-hydrogen) atoms. The largest absolute Gasteiger partial charge is 0.404 e. The van der Waals surface area contributed by atoms with Gasteiger partial charge in [0.15, 0.2) is 0 Å². The first-order valence-corrected chi connectivity index (χ1v) is 6.19. The topological polar surface area (TPSA) is 18.5 Å². The van der Waals surface area contributed by atoms with Crippen LogP contribution in [-0.2, 0) is 9.16 Å². The van der Waals surface area contributed by atoms with Crippen LogP contribution in [0.5, 0.6) is 0 Å². The number of hydrogen-bond acceptors (Lipinski definition) is 2. The van der Waals surface area contributed by atoms with Gasteiger partial charge >= 0.3 is 0 Å². The van der Waals surface area contributed by atoms with Crippen LogP contribution in [0.4, 0.5) is 0 Å². The number of rotatable bonds is 7. The summed E-state index contributed by atoms with van der Waals surface area (Å²) in [5, 5.41) is 0. The van der Waals surface area contributed by atoms with Gasteiger partial charge in [-0.1, -0.05) is 33.6 Å². The second-order valence-electron chi connectivity index (χ2n) is 3.49. The maximum absolute atomic E-state index is 5.81. The van der Waals surface area contributed by atoms with Gasteiger partial charge in [-0.05, 0) is 19.3 Å². The zero-order chi connectivity index (χ0) is 10.3. The predicted octanol–water partition coefficient (Wildman–Crippen LogP) is 1.86. The second-order valence-corrected chi connectivity index (χ2v) is 3.96. The second kappa shape index (κ2) is 7.53. The Hall–Kier alpha value is 0.137. The van der Waals surface area contributed by atoms with Crippen molar-refractivity contribution in [1.82, 2.24) is 0 Å². The van der Waals surface area contributed by atoms with Crippen LogP contribution < -0.4 is 0 Å². The third-order valence-electron chi connectivity index (χ3n) is 2.68. The molecule has 2 unspecified atom stereocenters. The fourth-order valence-electron chi connectivity index (χ4n) is 1.62. The molecule has 0 aromatic carbocycles. The van der Waals surface area contributed by atoms with Crippen molar-refractivity contribution in [2.75, 3.05) is 0 Å². The van der Waals surface area contributed by atoms with E-state index in [1.807, 2.05) is 0 Å². The summed E-state index contributed by atoms with van der Waals surface area (Å²) in [6.07, 6.45) is 3.69. The standard InChI is InChI=1S/C10H24O2Si/c1-5-9(6-2)8(4)11-10(7-3)12-13/h8-10H,5-7H2,1-4,13H3. The SMILES string of the molecule is CCC(O[SiH3])OC(C)C(CC)CC. The molecule has 3 heteroatoms. The molecule has 2 atom stereocenters. The van der Waals surface area contributed by atoms with E-state index in [4.69, 9.17) is 9.16 Å². The Kier molecular flexibility index (Phi) is 7.61. The lowest BCUT2D eigenvalue weighted by atomic mass is 9.98. The first kappa shape index (κ1) is 13.1. The van der Waals surface area contributed by atoms with Crippen LogP contribution in [0.15, 0.2) is 0 Å². The van der Waals surface area contributed by atoms with Gasteiger partial charge in [0, 0.05) is 0 Å². The van der Waals surface area contributed by atoms with E-state index < -0.39 is 0 Å². The molecule has 0 N–H and O–H groups in total. The Morgan fingerprint density at radius 3 is 1.92 bits per heavy atom. The predicted molar refractivity (Wildman–Crippen MR) is 59.7 cm³/mol. The molecule has 0 radical (unpaired) electrons. The van der Waals surface area contributed by atoms with Gasteiger partial charge in [0.1, 0.15) is 16.8 Å². The highest BCUT2D eigenvalue weighted by atomic mass is 28.2. The molecule has 0 aliphatic heterocycles. The molecule has 0 aromatic heterocycles. The van der Waals surface area contributed by atoms with Crippen molar-refractivity contribution >= 4 is 10.5 Å². The van der Waals surface area contributed by atoms with Crippen molar-refractivity contribution in [1.29, 1.82) is 0 Å². The van der Waals surface area contributed by atoms with E-state index in [0.29, 0.717) is 12.0 Å². The van der Waals surface area contributed by atoms with Crippen molar-refractivity contribution in [3.63, 3.8) is 0 Å². The van der Waals surface area contributed by atoms with E-state index in [9.17, 15) is 0 Å². The van der Waals surface area contributed by atoms with E-state index in [-0.39, 0.29) is 6.29 Å². The number of ether oxygens (including phenoxy) is 1. The highest BCUT2D eigenvalue weighted by Crippen LogP contribution is 2.18. The van der Waals surface area contributed by atoms with Crippen molar-refractivity contribution in [3.05, 3.63) is 0 Å². The summed E-state index contributed by atoms with van der Waals surface area (Å²) < 4.78 is 11.1. The zero-order valence-electron chi connectivity index (χ0n) is 9.67. The zero-order valence-corrected chi connectivity index (χ0v) is 11.7. The molecule has 0 bridgehead atoms. The van der Waals surface area contributed by atoms with Crippen molar-refractivity contribution in [2.24, 2.45) is 5.92 Å².